The van der Waals surface area contributed by atoms with E-state index in [2.05, 4.69) is 27.7 Å². The highest BCUT2D eigenvalue weighted by molar-refractivity contribution is 6.46. The van der Waals surface area contributed by atoms with E-state index < -0.39 is 17.7 Å². The van der Waals surface area contributed by atoms with Crippen molar-refractivity contribution in [1.29, 1.82) is 0 Å². The van der Waals surface area contributed by atoms with Crippen LogP contribution in [0.4, 0.5) is 0 Å². The van der Waals surface area contributed by atoms with Crippen molar-refractivity contribution in [2.24, 2.45) is 0 Å². The highest BCUT2D eigenvalue weighted by atomic mass is 16.5. The van der Waals surface area contributed by atoms with Crippen molar-refractivity contribution in [2.75, 3.05) is 34.3 Å². The van der Waals surface area contributed by atoms with Gasteiger partial charge in [0.25, 0.3) is 11.7 Å². The highest BCUT2D eigenvalue weighted by Crippen LogP contribution is 2.41. The molecule has 6 heteroatoms. The summed E-state index contributed by atoms with van der Waals surface area (Å²) in [5.74, 6) is -0.662. The van der Waals surface area contributed by atoms with Gasteiger partial charge in [-0.1, -0.05) is 52.0 Å². The van der Waals surface area contributed by atoms with Gasteiger partial charge in [0.15, 0.2) is 0 Å². The number of carbonyl (C=O) groups is 2. The molecule has 1 aliphatic heterocycles. The first-order chi connectivity index (χ1) is 16.5. The van der Waals surface area contributed by atoms with Crippen LogP contribution in [0.25, 0.3) is 5.76 Å². The maximum atomic E-state index is 13.3. The number of Topliss-reactive ketones (excluding diaryl/α,β-unsaturated/α-hetero) is 1. The topological polar surface area (TPSA) is 70.1 Å². The maximum Gasteiger partial charge on any atom is 0.295 e. The van der Waals surface area contributed by atoms with Crippen LogP contribution in [0.5, 0.6) is 5.75 Å². The molecular formula is C29H38N2O4. The summed E-state index contributed by atoms with van der Waals surface area (Å²) in [5, 5.41) is 11.5. The number of methoxy groups -OCH3 is 1. The fourth-order valence-electron chi connectivity index (χ4n) is 4.55. The number of nitrogens with zero attached hydrogens (tertiary/aromatic N) is 2. The van der Waals surface area contributed by atoms with Crippen molar-refractivity contribution in [2.45, 2.75) is 52.0 Å². The van der Waals surface area contributed by atoms with Crippen LogP contribution in [-0.4, -0.2) is 60.9 Å². The Bertz CT molecular complexity index is 1110. The summed E-state index contributed by atoms with van der Waals surface area (Å²) in [6, 6.07) is 12.7. The molecule has 0 aliphatic carbocycles. The van der Waals surface area contributed by atoms with Gasteiger partial charge in [0.2, 0.25) is 0 Å². The standard InChI is InChI=1S/C29H38N2O4/c1-8-19-10-12-20(13-11-19)25-24(27(33)28(34)31(25)17-9-16-30(5)6)26(32)21-14-15-23(35-7)22(18-21)29(2,3)4/h10-15,18,25,32H,8-9,16-17H2,1-7H3/b26-24-. The van der Waals surface area contributed by atoms with Gasteiger partial charge < -0.3 is 19.6 Å². The number of ether oxygens (including phenoxy) is 1. The minimum Gasteiger partial charge on any atom is -0.507 e. The summed E-state index contributed by atoms with van der Waals surface area (Å²) in [6.45, 7) is 9.49. The van der Waals surface area contributed by atoms with Crippen LogP contribution in [0.2, 0.25) is 0 Å². The van der Waals surface area contributed by atoms with E-state index in [0.29, 0.717) is 17.9 Å². The molecule has 188 valence electrons. The van der Waals surface area contributed by atoms with Gasteiger partial charge in [0.1, 0.15) is 11.5 Å². The second-order valence-corrected chi connectivity index (χ2v) is 10.4. The lowest BCUT2D eigenvalue weighted by molar-refractivity contribution is -0.139. The average Bonchev–Trinajstić information content (AvgIpc) is 3.07. The Morgan fingerprint density at radius 3 is 2.29 bits per heavy atom. The molecule has 1 unspecified atom stereocenters. The molecule has 1 aliphatic rings. The summed E-state index contributed by atoms with van der Waals surface area (Å²) in [4.78, 5) is 30.1. The number of hydrogen-bond acceptors (Lipinski definition) is 5. The second-order valence-electron chi connectivity index (χ2n) is 10.4. The molecule has 1 amide bonds. The molecule has 35 heavy (non-hydrogen) atoms. The van der Waals surface area contributed by atoms with Crippen molar-refractivity contribution >= 4 is 17.4 Å². The number of carbonyl (C=O) groups excluding carboxylic acids is 2. The Morgan fingerprint density at radius 2 is 1.74 bits per heavy atom. The summed E-state index contributed by atoms with van der Waals surface area (Å²) in [7, 11) is 5.57. The molecule has 6 nitrogen and oxygen atoms in total. The van der Waals surface area contributed by atoms with Gasteiger partial charge in [-0.3, -0.25) is 9.59 Å². The summed E-state index contributed by atoms with van der Waals surface area (Å²) >= 11 is 0. The Hall–Kier alpha value is -3.12. The zero-order valence-corrected chi connectivity index (χ0v) is 22.0. The quantitative estimate of drug-likeness (QED) is 0.331. The fourth-order valence-corrected chi connectivity index (χ4v) is 4.55. The number of aliphatic hydroxyl groups excluding tert-OH is 1. The lowest BCUT2D eigenvalue weighted by atomic mass is 9.84. The monoisotopic (exact) mass is 478 g/mol. The van der Waals surface area contributed by atoms with E-state index in [9.17, 15) is 14.7 Å². The third kappa shape index (κ3) is 5.59. The van der Waals surface area contributed by atoms with Crippen LogP contribution < -0.4 is 4.74 Å². The van der Waals surface area contributed by atoms with Gasteiger partial charge in [-0.05, 0) is 68.2 Å². The number of rotatable bonds is 8. The smallest absolute Gasteiger partial charge is 0.295 e. The summed E-state index contributed by atoms with van der Waals surface area (Å²) in [5.41, 5.74) is 3.29. The van der Waals surface area contributed by atoms with Crippen LogP contribution in [0, 0.1) is 0 Å². The lowest BCUT2D eigenvalue weighted by Gasteiger charge is -2.26. The number of ketones is 1. The lowest BCUT2D eigenvalue weighted by Crippen LogP contribution is -2.32. The molecule has 0 spiro atoms. The third-order valence-corrected chi connectivity index (χ3v) is 6.53. The first-order valence-corrected chi connectivity index (χ1v) is 12.2. The number of aryl methyl sites for hydroxylation is 1. The van der Waals surface area contributed by atoms with Gasteiger partial charge >= 0.3 is 0 Å². The zero-order chi connectivity index (χ0) is 25.9. The molecule has 2 aromatic rings. The number of likely N-dealkylation sites (tertiary alicyclic amines) is 1. The van der Waals surface area contributed by atoms with Crippen molar-refractivity contribution in [1.82, 2.24) is 9.80 Å². The Labute approximate surface area is 209 Å². The Kier molecular flexibility index (Phi) is 8.06. The molecule has 0 saturated carbocycles. The van der Waals surface area contributed by atoms with E-state index in [1.165, 1.54) is 5.56 Å². The van der Waals surface area contributed by atoms with Gasteiger partial charge in [0, 0.05) is 17.7 Å². The normalized spacial score (nSPS) is 17.9. The predicted molar refractivity (Wildman–Crippen MR) is 140 cm³/mol. The zero-order valence-electron chi connectivity index (χ0n) is 22.0. The van der Waals surface area contributed by atoms with E-state index in [1.807, 2.05) is 49.3 Å². The van der Waals surface area contributed by atoms with E-state index in [0.717, 1.165) is 30.5 Å². The number of hydrogen-bond donors (Lipinski definition) is 1. The maximum absolute atomic E-state index is 13.3. The minimum absolute atomic E-state index is 0.133. The van der Waals surface area contributed by atoms with Gasteiger partial charge in [-0.15, -0.1) is 0 Å². The third-order valence-electron chi connectivity index (χ3n) is 6.53. The molecule has 0 radical (unpaired) electrons. The van der Waals surface area contributed by atoms with Crippen molar-refractivity contribution in [3.63, 3.8) is 0 Å². The molecule has 1 heterocycles. The number of amides is 1. The Balaban J connectivity index is 2.15. The summed E-state index contributed by atoms with van der Waals surface area (Å²) < 4.78 is 5.53. The van der Waals surface area contributed by atoms with Crippen LogP contribution in [0.1, 0.15) is 62.4 Å². The van der Waals surface area contributed by atoms with E-state index in [1.54, 1.807) is 24.1 Å². The average molecular weight is 479 g/mol. The first kappa shape index (κ1) is 26.5. The molecule has 1 saturated heterocycles. The number of benzene rings is 2. The van der Waals surface area contributed by atoms with E-state index >= 15 is 0 Å². The largest absolute Gasteiger partial charge is 0.507 e. The predicted octanol–water partition coefficient (Wildman–Crippen LogP) is 4.93. The molecule has 1 atom stereocenters. The minimum atomic E-state index is -0.648. The Morgan fingerprint density at radius 1 is 1.09 bits per heavy atom. The summed E-state index contributed by atoms with van der Waals surface area (Å²) in [6.07, 6.45) is 1.62. The molecule has 3 rings (SSSR count). The molecule has 0 aromatic heterocycles. The van der Waals surface area contributed by atoms with Crippen LogP contribution in [-0.2, 0) is 21.4 Å². The van der Waals surface area contributed by atoms with Crippen LogP contribution in [0.15, 0.2) is 48.0 Å². The van der Waals surface area contributed by atoms with Gasteiger partial charge in [-0.2, -0.15) is 0 Å². The second kappa shape index (κ2) is 10.6. The molecule has 1 fully saturated rings. The highest BCUT2D eigenvalue weighted by Gasteiger charge is 2.45. The molecule has 2 aromatic carbocycles. The van der Waals surface area contributed by atoms with Crippen molar-refractivity contribution in [3.05, 3.63) is 70.3 Å². The van der Waals surface area contributed by atoms with Crippen LogP contribution >= 0.6 is 0 Å². The van der Waals surface area contributed by atoms with E-state index in [-0.39, 0.29) is 16.7 Å². The molecule has 1 N–H and O–H groups in total. The van der Waals surface area contributed by atoms with E-state index in [4.69, 9.17) is 4.74 Å². The van der Waals surface area contributed by atoms with Gasteiger partial charge in [0.05, 0.1) is 18.7 Å². The number of aliphatic hydroxyl groups is 1. The molecule has 0 bridgehead atoms. The van der Waals surface area contributed by atoms with Crippen molar-refractivity contribution < 1.29 is 19.4 Å². The van der Waals surface area contributed by atoms with Crippen LogP contribution in [0.3, 0.4) is 0 Å². The molecular weight excluding hydrogens is 440 g/mol. The first-order valence-electron chi connectivity index (χ1n) is 12.2. The SMILES string of the molecule is CCc1ccc(C2/C(=C(/O)c3ccc(OC)c(C(C)(C)C)c3)C(=O)C(=O)N2CCCN(C)C)cc1. The van der Waals surface area contributed by atoms with Crippen molar-refractivity contribution in [3.8, 4) is 5.75 Å². The van der Waals surface area contributed by atoms with Gasteiger partial charge in [-0.25, -0.2) is 0 Å². The fraction of sp³-hybridized carbons (Fsp3) is 0.448.